The fourth-order valence-electron chi connectivity index (χ4n) is 5.96. The second kappa shape index (κ2) is 6.70. The first kappa shape index (κ1) is 16.9. The third-order valence-electron chi connectivity index (χ3n) is 7.04. The van der Waals surface area contributed by atoms with Crippen LogP contribution in [0.15, 0.2) is 48.5 Å². The highest BCUT2D eigenvalue weighted by Gasteiger charge is 2.53. The Bertz CT molecular complexity index is 847. The van der Waals surface area contributed by atoms with Gasteiger partial charge in [-0.1, -0.05) is 37.3 Å². The Kier molecular flexibility index (Phi) is 4.18. The van der Waals surface area contributed by atoms with Gasteiger partial charge in [-0.2, -0.15) is 0 Å². The van der Waals surface area contributed by atoms with Crippen molar-refractivity contribution in [2.45, 2.75) is 44.6 Å². The van der Waals surface area contributed by atoms with E-state index in [4.69, 9.17) is 0 Å². The van der Waals surface area contributed by atoms with Crippen LogP contribution in [0.2, 0.25) is 0 Å². The van der Waals surface area contributed by atoms with E-state index in [1.165, 1.54) is 36.1 Å². The Hall–Kier alpha value is -2.29. The summed E-state index contributed by atoms with van der Waals surface area (Å²) in [7, 11) is 0. The van der Waals surface area contributed by atoms with Crippen LogP contribution in [0.4, 0.5) is 5.69 Å². The number of anilines is 1. The van der Waals surface area contributed by atoms with E-state index in [1.807, 2.05) is 6.07 Å². The lowest BCUT2D eigenvalue weighted by atomic mass is 9.68. The summed E-state index contributed by atoms with van der Waals surface area (Å²) in [5.74, 6) is 2.88. The van der Waals surface area contributed by atoms with Gasteiger partial charge in [-0.15, -0.1) is 0 Å². The van der Waals surface area contributed by atoms with E-state index < -0.39 is 0 Å². The first-order valence-corrected chi connectivity index (χ1v) is 10.5. The van der Waals surface area contributed by atoms with Crippen molar-refractivity contribution in [1.82, 2.24) is 5.32 Å². The molecule has 2 aliphatic carbocycles. The summed E-state index contributed by atoms with van der Waals surface area (Å²) in [6.07, 6.45) is 5.03. The number of carbonyl (C=O) groups is 1. The van der Waals surface area contributed by atoms with Gasteiger partial charge in [0.2, 0.25) is 0 Å². The van der Waals surface area contributed by atoms with Crippen LogP contribution in [-0.4, -0.2) is 12.5 Å². The number of carbonyl (C=O) groups excluding carboxylic acids is 1. The molecule has 2 bridgehead atoms. The van der Waals surface area contributed by atoms with Gasteiger partial charge in [-0.3, -0.25) is 4.79 Å². The van der Waals surface area contributed by atoms with Crippen LogP contribution in [0.25, 0.3) is 0 Å². The molecule has 2 aromatic rings. The van der Waals surface area contributed by atoms with Crippen molar-refractivity contribution in [3.63, 3.8) is 0 Å². The van der Waals surface area contributed by atoms with E-state index in [0.717, 1.165) is 30.4 Å². The second-order valence-corrected chi connectivity index (χ2v) is 8.53. The molecule has 0 aromatic heterocycles. The molecule has 3 heteroatoms. The molecule has 3 nitrogen and oxygen atoms in total. The van der Waals surface area contributed by atoms with Gasteiger partial charge in [-0.05, 0) is 78.7 Å². The van der Waals surface area contributed by atoms with Crippen LogP contribution in [0.3, 0.4) is 0 Å². The summed E-state index contributed by atoms with van der Waals surface area (Å²) < 4.78 is 0. The first-order valence-electron chi connectivity index (χ1n) is 10.5. The highest BCUT2D eigenvalue weighted by molar-refractivity contribution is 5.95. The predicted octanol–water partition coefficient (Wildman–Crippen LogP) is 5.12. The monoisotopic (exact) mass is 360 g/mol. The van der Waals surface area contributed by atoms with E-state index in [2.05, 4.69) is 60.0 Å². The number of nitrogens with one attached hydrogen (secondary N) is 2. The van der Waals surface area contributed by atoms with Crippen molar-refractivity contribution < 1.29 is 4.79 Å². The average molecular weight is 361 g/mol. The molecule has 0 unspecified atom stereocenters. The van der Waals surface area contributed by atoms with Crippen molar-refractivity contribution in [2.75, 3.05) is 11.9 Å². The van der Waals surface area contributed by atoms with Crippen LogP contribution in [-0.2, 0) is 0 Å². The standard InChI is InChI=1S/C24H28N2O/c1-2-12-25-24(27)18-10-11-20-19(14-18)21-16-8-9-17(13-16)22(21)23(26-20)15-6-4-3-5-7-15/h3-7,10-11,14,16-17,21-23,26H,2,8-9,12-13H2,1H3,(H,25,27)/t16-,17-,21-,22-,23-/m0/s1. The molecular formula is C24H28N2O. The van der Waals surface area contributed by atoms with Gasteiger partial charge in [0, 0.05) is 17.8 Å². The van der Waals surface area contributed by atoms with E-state index >= 15 is 0 Å². The highest BCUT2D eigenvalue weighted by Crippen LogP contribution is 2.63. The van der Waals surface area contributed by atoms with E-state index in [9.17, 15) is 4.79 Å². The van der Waals surface area contributed by atoms with Gasteiger partial charge in [0.1, 0.15) is 0 Å². The molecule has 5 atom stereocenters. The van der Waals surface area contributed by atoms with Crippen LogP contribution in [0, 0.1) is 17.8 Å². The summed E-state index contributed by atoms with van der Waals surface area (Å²) in [5, 5.41) is 6.87. The molecule has 27 heavy (non-hydrogen) atoms. The second-order valence-electron chi connectivity index (χ2n) is 8.53. The molecule has 2 saturated carbocycles. The predicted molar refractivity (Wildman–Crippen MR) is 109 cm³/mol. The largest absolute Gasteiger partial charge is 0.378 e. The summed E-state index contributed by atoms with van der Waals surface area (Å²) in [6.45, 7) is 2.82. The Labute approximate surface area is 161 Å². The van der Waals surface area contributed by atoms with Gasteiger partial charge in [0.05, 0.1) is 6.04 Å². The number of rotatable bonds is 4. The van der Waals surface area contributed by atoms with Crippen LogP contribution < -0.4 is 10.6 Å². The number of hydrogen-bond donors (Lipinski definition) is 2. The fraction of sp³-hybridized carbons (Fsp3) is 0.458. The summed E-state index contributed by atoms with van der Waals surface area (Å²) >= 11 is 0. The molecule has 5 rings (SSSR count). The molecule has 0 spiro atoms. The summed E-state index contributed by atoms with van der Waals surface area (Å²) in [6, 6.07) is 17.6. The van der Waals surface area contributed by atoms with Crippen LogP contribution in [0.1, 0.15) is 66.1 Å². The van der Waals surface area contributed by atoms with Crippen LogP contribution >= 0.6 is 0 Å². The maximum absolute atomic E-state index is 12.5. The van der Waals surface area contributed by atoms with Crippen molar-refractivity contribution >= 4 is 11.6 Å². The zero-order valence-corrected chi connectivity index (χ0v) is 15.9. The smallest absolute Gasteiger partial charge is 0.251 e. The Morgan fingerprint density at radius 1 is 1.11 bits per heavy atom. The lowest BCUT2D eigenvalue weighted by Crippen LogP contribution is -2.35. The number of benzene rings is 2. The maximum Gasteiger partial charge on any atom is 0.251 e. The van der Waals surface area contributed by atoms with Gasteiger partial charge in [0.25, 0.3) is 5.91 Å². The van der Waals surface area contributed by atoms with Gasteiger partial charge in [-0.25, -0.2) is 0 Å². The van der Waals surface area contributed by atoms with Crippen molar-refractivity contribution in [3.05, 3.63) is 65.2 Å². The molecule has 2 aromatic carbocycles. The third-order valence-corrected chi connectivity index (χ3v) is 7.04. The molecule has 2 N–H and O–H groups in total. The first-order chi connectivity index (χ1) is 13.3. The van der Waals surface area contributed by atoms with Gasteiger partial charge in [0.15, 0.2) is 0 Å². The number of amides is 1. The zero-order chi connectivity index (χ0) is 18.4. The Balaban J connectivity index is 1.53. The van der Waals surface area contributed by atoms with E-state index in [0.29, 0.717) is 17.9 Å². The molecule has 1 aliphatic heterocycles. The van der Waals surface area contributed by atoms with Crippen molar-refractivity contribution in [3.8, 4) is 0 Å². The van der Waals surface area contributed by atoms with E-state index in [1.54, 1.807) is 0 Å². The van der Waals surface area contributed by atoms with E-state index in [-0.39, 0.29) is 5.91 Å². The summed E-state index contributed by atoms with van der Waals surface area (Å²) in [4.78, 5) is 12.5. The fourth-order valence-corrected chi connectivity index (χ4v) is 5.96. The Morgan fingerprint density at radius 2 is 1.93 bits per heavy atom. The van der Waals surface area contributed by atoms with Gasteiger partial charge >= 0.3 is 0 Å². The molecule has 1 heterocycles. The van der Waals surface area contributed by atoms with Gasteiger partial charge < -0.3 is 10.6 Å². The molecule has 0 radical (unpaired) electrons. The normalized spacial score (nSPS) is 30.3. The topological polar surface area (TPSA) is 41.1 Å². The Morgan fingerprint density at radius 3 is 2.74 bits per heavy atom. The lowest BCUT2D eigenvalue weighted by molar-refractivity contribution is 0.0953. The minimum atomic E-state index is 0.0598. The quantitative estimate of drug-likeness (QED) is 0.794. The summed E-state index contributed by atoms with van der Waals surface area (Å²) in [5.41, 5.74) is 4.81. The average Bonchev–Trinajstić information content (AvgIpc) is 3.34. The molecule has 0 saturated heterocycles. The molecular weight excluding hydrogens is 332 g/mol. The molecule has 2 fully saturated rings. The minimum Gasteiger partial charge on any atom is -0.378 e. The molecule has 1 amide bonds. The number of hydrogen-bond acceptors (Lipinski definition) is 2. The SMILES string of the molecule is CCCNC(=O)c1ccc2c(c1)[C@@H]1[C@H]3CC[C@@H](C3)[C@@H]1[C@H](c1ccccc1)N2. The molecule has 140 valence electrons. The third kappa shape index (κ3) is 2.75. The number of fused-ring (bicyclic) bond motifs is 7. The van der Waals surface area contributed by atoms with Crippen molar-refractivity contribution in [1.29, 1.82) is 0 Å². The van der Waals surface area contributed by atoms with Crippen LogP contribution in [0.5, 0.6) is 0 Å². The lowest BCUT2D eigenvalue weighted by Gasteiger charge is -2.43. The minimum absolute atomic E-state index is 0.0598. The zero-order valence-electron chi connectivity index (χ0n) is 15.9. The molecule has 3 aliphatic rings. The highest BCUT2D eigenvalue weighted by atomic mass is 16.1. The maximum atomic E-state index is 12.5. The van der Waals surface area contributed by atoms with Crippen molar-refractivity contribution in [2.24, 2.45) is 17.8 Å².